The van der Waals surface area contributed by atoms with E-state index in [0.717, 1.165) is 11.3 Å². The van der Waals surface area contributed by atoms with E-state index in [9.17, 15) is 4.79 Å². The molecule has 1 aromatic carbocycles. The summed E-state index contributed by atoms with van der Waals surface area (Å²) >= 11 is 0. The second-order valence-electron chi connectivity index (χ2n) is 4.69. The van der Waals surface area contributed by atoms with E-state index in [4.69, 9.17) is 9.47 Å². The summed E-state index contributed by atoms with van der Waals surface area (Å²) in [5.41, 5.74) is 2.32. The fourth-order valence-corrected chi connectivity index (χ4v) is 2.08. The summed E-state index contributed by atoms with van der Waals surface area (Å²) in [5.74, 6) is 1.34. The lowest BCUT2D eigenvalue weighted by Gasteiger charge is -2.11. The Balaban J connectivity index is 2.27. The van der Waals surface area contributed by atoms with Gasteiger partial charge in [0, 0.05) is 11.8 Å². The van der Waals surface area contributed by atoms with Crippen LogP contribution in [0, 0.1) is 13.8 Å². The Morgan fingerprint density at radius 3 is 2.48 bits per heavy atom. The molecular weight excluding hydrogens is 268 g/mol. The van der Waals surface area contributed by atoms with Crippen LogP contribution in [-0.4, -0.2) is 25.1 Å². The van der Waals surface area contributed by atoms with Crippen molar-refractivity contribution in [2.45, 2.75) is 13.8 Å². The van der Waals surface area contributed by atoms with Gasteiger partial charge in [0.1, 0.15) is 17.3 Å². The van der Waals surface area contributed by atoms with Crippen LogP contribution in [0.25, 0.3) is 0 Å². The number of carbonyl (C=O) groups excluding carboxylic acids is 1. The molecule has 0 aliphatic rings. The molecule has 0 spiro atoms. The van der Waals surface area contributed by atoms with Gasteiger partial charge in [-0.2, -0.15) is 0 Å². The van der Waals surface area contributed by atoms with E-state index < -0.39 is 0 Å². The maximum atomic E-state index is 12.3. The summed E-state index contributed by atoms with van der Waals surface area (Å²) in [7, 11) is 3.08. The highest BCUT2D eigenvalue weighted by Gasteiger charge is 2.14. The molecule has 2 rings (SSSR count). The molecule has 21 heavy (non-hydrogen) atoms. The smallest absolute Gasteiger partial charge is 0.260 e. The molecule has 2 aromatic rings. The maximum Gasteiger partial charge on any atom is 0.260 e. The van der Waals surface area contributed by atoms with Gasteiger partial charge in [0.2, 0.25) is 0 Å². The third kappa shape index (κ3) is 3.51. The van der Waals surface area contributed by atoms with Crippen molar-refractivity contribution < 1.29 is 14.3 Å². The van der Waals surface area contributed by atoms with Gasteiger partial charge >= 0.3 is 0 Å². The number of nitrogens with zero attached hydrogens (tertiary/aromatic N) is 1. The number of hydrogen-bond donors (Lipinski definition) is 1. The van der Waals surface area contributed by atoms with Crippen LogP contribution >= 0.6 is 0 Å². The van der Waals surface area contributed by atoms with E-state index in [0.29, 0.717) is 22.9 Å². The van der Waals surface area contributed by atoms with Crippen molar-refractivity contribution in [2.24, 2.45) is 0 Å². The average molecular weight is 286 g/mol. The maximum absolute atomic E-state index is 12.3. The van der Waals surface area contributed by atoms with Crippen molar-refractivity contribution in [3.8, 4) is 11.5 Å². The number of benzene rings is 1. The molecule has 0 saturated carbocycles. The molecule has 0 fully saturated rings. The number of pyridine rings is 1. The van der Waals surface area contributed by atoms with Crippen LogP contribution < -0.4 is 14.8 Å². The molecule has 0 bridgehead atoms. The molecule has 0 unspecified atom stereocenters. The zero-order valence-electron chi connectivity index (χ0n) is 12.6. The number of ether oxygens (including phenoxy) is 2. The van der Waals surface area contributed by atoms with Gasteiger partial charge in [-0.15, -0.1) is 0 Å². The topological polar surface area (TPSA) is 60.5 Å². The van der Waals surface area contributed by atoms with Gasteiger partial charge in [-0.3, -0.25) is 4.79 Å². The zero-order valence-corrected chi connectivity index (χ0v) is 12.6. The molecule has 0 aliphatic carbocycles. The lowest BCUT2D eigenvalue weighted by molar-refractivity contribution is 0.102. The summed E-state index contributed by atoms with van der Waals surface area (Å²) in [6, 6.07) is 8.82. The first-order valence-electron chi connectivity index (χ1n) is 6.52. The average Bonchev–Trinajstić information content (AvgIpc) is 2.45. The molecule has 5 nitrogen and oxygen atoms in total. The zero-order chi connectivity index (χ0) is 15.4. The summed E-state index contributed by atoms with van der Waals surface area (Å²) in [6.45, 7) is 3.84. The number of hydrogen-bond acceptors (Lipinski definition) is 4. The Kier molecular flexibility index (Phi) is 4.42. The molecule has 0 atom stereocenters. The van der Waals surface area contributed by atoms with Crippen LogP contribution in [0.15, 0.2) is 30.3 Å². The Bertz CT molecular complexity index is 648. The van der Waals surface area contributed by atoms with Crippen molar-refractivity contribution in [3.63, 3.8) is 0 Å². The monoisotopic (exact) mass is 286 g/mol. The van der Waals surface area contributed by atoms with Gasteiger partial charge in [0.15, 0.2) is 0 Å². The molecule has 0 aliphatic heterocycles. The number of anilines is 1. The summed E-state index contributed by atoms with van der Waals surface area (Å²) in [4.78, 5) is 16.6. The highest BCUT2D eigenvalue weighted by molar-refractivity contribution is 6.05. The Morgan fingerprint density at radius 2 is 1.86 bits per heavy atom. The van der Waals surface area contributed by atoms with Gasteiger partial charge < -0.3 is 14.8 Å². The molecule has 1 N–H and O–H groups in total. The number of aromatic nitrogens is 1. The third-order valence-electron chi connectivity index (χ3n) is 2.99. The van der Waals surface area contributed by atoms with E-state index in [1.807, 2.05) is 26.0 Å². The lowest BCUT2D eigenvalue weighted by atomic mass is 10.1. The minimum absolute atomic E-state index is 0.271. The highest BCUT2D eigenvalue weighted by Crippen LogP contribution is 2.25. The van der Waals surface area contributed by atoms with E-state index >= 15 is 0 Å². The van der Waals surface area contributed by atoms with Crippen LogP contribution in [0.2, 0.25) is 0 Å². The molecule has 1 heterocycles. The van der Waals surface area contributed by atoms with Gasteiger partial charge in [-0.05, 0) is 43.7 Å². The second kappa shape index (κ2) is 6.26. The highest BCUT2D eigenvalue weighted by atomic mass is 16.5. The van der Waals surface area contributed by atoms with Gasteiger partial charge in [0.25, 0.3) is 5.91 Å². The summed E-state index contributed by atoms with van der Waals surface area (Å²) < 4.78 is 10.3. The predicted octanol–water partition coefficient (Wildman–Crippen LogP) is 2.97. The molecule has 1 aromatic heterocycles. The standard InChI is InChI=1S/C16H18N2O3/c1-10-7-11(2)17-15(8-10)18-16(19)13-6-5-12(20-3)9-14(13)21-4/h5-9H,1-4H3,(H,17,18,19). The number of rotatable bonds is 4. The quantitative estimate of drug-likeness (QED) is 0.938. The van der Waals surface area contributed by atoms with Crippen molar-refractivity contribution in [1.29, 1.82) is 0 Å². The molecule has 5 heteroatoms. The van der Waals surface area contributed by atoms with Crippen LogP contribution in [0.5, 0.6) is 11.5 Å². The SMILES string of the molecule is COc1ccc(C(=O)Nc2cc(C)cc(C)n2)c(OC)c1. The summed E-state index contributed by atoms with van der Waals surface area (Å²) in [6.07, 6.45) is 0. The van der Waals surface area contributed by atoms with Crippen molar-refractivity contribution in [3.05, 3.63) is 47.2 Å². The first-order chi connectivity index (χ1) is 10.0. The number of amides is 1. The minimum Gasteiger partial charge on any atom is -0.497 e. The first kappa shape index (κ1) is 14.8. The molecule has 0 radical (unpaired) electrons. The van der Waals surface area contributed by atoms with Gasteiger partial charge in [-0.25, -0.2) is 4.98 Å². The second-order valence-corrected chi connectivity index (χ2v) is 4.69. The van der Waals surface area contributed by atoms with Crippen LogP contribution in [-0.2, 0) is 0 Å². The normalized spacial score (nSPS) is 10.1. The summed E-state index contributed by atoms with van der Waals surface area (Å²) in [5, 5.41) is 2.78. The van der Waals surface area contributed by atoms with Crippen molar-refractivity contribution in [2.75, 3.05) is 19.5 Å². The third-order valence-corrected chi connectivity index (χ3v) is 2.99. The molecule has 110 valence electrons. The van der Waals surface area contributed by atoms with Crippen molar-refractivity contribution >= 4 is 11.7 Å². The van der Waals surface area contributed by atoms with Crippen LogP contribution in [0.4, 0.5) is 5.82 Å². The predicted molar refractivity (Wildman–Crippen MR) is 81.2 cm³/mol. The van der Waals surface area contributed by atoms with Gasteiger partial charge in [0.05, 0.1) is 19.8 Å². The minimum atomic E-state index is -0.271. The molecule has 1 amide bonds. The van der Waals surface area contributed by atoms with E-state index in [2.05, 4.69) is 10.3 Å². The largest absolute Gasteiger partial charge is 0.497 e. The fraction of sp³-hybridized carbons (Fsp3) is 0.250. The Hall–Kier alpha value is -2.56. The van der Waals surface area contributed by atoms with Gasteiger partial charge in [-0.1, -0.05) is 0 Å². The fourth-order valence-electron chi connectivity index (χ4n) is 2.08. The van der Waals surface area contributed by atoms with E-state index in [1.54, 1.807) is 25.3 Å². The Morgan fingerprint density at radius 1 is 1.10 bits per heavy atom. The van der Waals surface area contributed by atoms with Crippen LogP contribution in [0.1, 0.15) is 21.6 Å². The first-order valence-corrected chi connectivity index (χ1v) is 6.52. The van der Waals surface area contributed by atoms with E-state index in [-0.39, 0.29) is 5.91 Å². The van der Waals surface area contributed by atoms with E-state index in [1.165, 1.54) is 7.11 Å². The molecule has 0 saturated heterocycles. The van der Waals surface area contributed by atoms with Crippen LogP contribution in [0.3, 0.4) is 0 Å². The lowest BCUT2D eigenvalue weighted by Crippen LogP contribution is -2.14. The number of carbonyl (C=O) groups is 1. The Labute approximate surface area is 123 Å². The number of nitrogens with one attached hydrogen (secondary N) is 1. The number of methoxy groups -OCH3 is 2. The van der Waals surface area contributed by atoms with Crippen molar-refractivity contribution in [1.82, 2.24) is 4.98 Å². The molecular formula is C16H18N2O3. The number of aryl methyl sites for hydroxylation is 2.